The standard InChI is InChI=1S/C21H24N8O/c1-3-17-21-27-24-12-28(21)18-11-23-19(15-8-9-22-10-16(15)25-13(2)30)26-20(18)29(17)14-6-4-5-7-14/h8-12,14,17H,3-7H2,1-2H3,(H,25,30). The van der Waals surface area contributed by atoms with E-state index in [0.29, 0.717) is 17.6 Å². The minimum Gasteiger partial charge on any atom is -0.342 e. The third-order valence-corrected chi connectivity index (χ3v) is 5.94. The first-order valence-electron chi connectivity index (χ1n) is 10.4. The summed E-state index contributed by atoms with van der Waals surface area (Å²) in [4.78, 5) is 27.8. The second kappa shape index (κ2) is 7.47. The van der Waals surface area contributed by atoms with Crippen LogP contribution in [0.4, 0.5) is 11.5 Å². The maximum atomic E-state index is 11.6. The Kier molecular flexibility index (Phi) is 4.65. The Bertz CT molecular complexity index is 1090. The summed E-state index contributed by atoms with van der Waals surface area (Å²) in [6, 6.07) is 2.38. The van der Waals surface area contributed by atoms with Gasteiger partial charge in [0.2, 0.25) is 5.91 Å². The molecule has 0 radical (unpaired) electrons. The monoisotopic (exact) mass is 404 g/mol. The number of pyridine rings is 1. The largest absolute Gasteiger partial charge is 0.342 e. The summed E-state index contributed by atoms with van der Waals surface area (Å²) in [6.07, 6.45) is 12.6. The number of aromatic nitrogens is 6. The maximum absolute atomic E-state index is 11.6. The topological polar surface area (TPSA) is 102 Å². The number of nitrogens with zero attached hydrogens (tertiary/aromatic N) is 7. The van der Waals surface area contributed by atoms with E-state index >= 15 is 0 Å². The molecule has 9 heteroatoms. The van der Waals surface area contributed by atoms with Crippen LogP contribution < -0.4 is 10.2 Å². The molecule has 1 unspecified atom stereocenters. The van der Waals surface area contributed by atoms with Gasteiger partial charge in [-0.3, -0.25) is 14.3 Å². The van der Waals surface area contributed by atoms with E-state index in [-0.39, 0.29) is 11.9 Å². The molecule has 3 aromatic rings. The van der Waals surface area contributed by atoms with Crippen LogP contribution in [0.15, 0.2) is 31.0 Å². The average Bonchev–Trinajstić information content (AvgIpc) is 3.44. The van der Waals surface area contributed by atoms with Gasteiger partial charge >= 0.3 is 0 Å². The van der Waals surface area contributed by atoms with Crippen LogP contribution in [0.5, 0.6) is 0 Å². The Balaban J connectivity index is 1.67. The molecule has 0 spiro atoms. The molecule has 1 fully saturated rings. The zero-order valence-electron chi connectivity index (χ0n) is 17.1. The highest BCUT2D eigenvalue weighted by atomic mass is 16.1. The third kappa shape index (κ3) is 3.01. The fourth-order valence-corrected chi connectivity index (χ4v) is 4.65. The van der Waals surface area contributed by atoms with Crippen molar-refractivity contribution in [1.29, 1.82) is 0 Å². The molecule has 1 aliphatic heterocycles. The SMILES string of the molecule is CCC1c2nncn2-c2cnc(-c3ccncc3NC(C)=O)nc2N1C1CCCC1. The Labute approximate surface area is 174 Å². The first-order chi connectivity index (χ1) is 14.7. The fraction of sp³-hybridized carbons (Fsp3) is 0.429. The van der Waals surface area contributed by atoms with Crippen LogP contribution in [-0.2, 0) is 4.79 Å². The second-order valence-electron chi connectivity index (χ2n) is 7.83. The molecule has 1 amide bonds. The van der Waals surface area contributed by atoms with E-state index in [1.165, 1.54) is 19.8 Å². The van der Waals surface area contributed by atoms with E-state index in [2.05, 4.69) is 37.3 Å². The lowest BCUT2D eigenvalue weighted by molar-refractivity contribution is -0.114. The normalized spacial score (nSPS) is 18.2. The fourth-order valence-electron chi connectivity index (χ4n) is 4.65. The Morgan fingerprint density at radius 3 is 2.87 bits per heavy atom. The molecule has 0 bridgehead atoms. The molecule has 30 heavy (non-hydrogen) atoms. The van der Waals surface area contributed by atoms with Gasteiger partial charge in [0.15, 0.2) is 17.5 Å². The minimum absolute atomic E-state index is 0.123. The van der Waals surface area contributed by atoms with Crippen molar-refractivity contribution in [2.45, 2.75) is 58.0 Å². The van der Waals surface area contributed by atoms with Gasteiger partial charge in [0.1, 0.15) is 12.0 Å². The van der Waals surface area contributed by atoms with Gasteiger partial charge in [-0.25, -0.2) is 9.97 Å². The second-order valence-corrected chi connectivity index (χ2v) is 7.83. The van der Waals surface area contributed by atoms with Crippen molar-refractivity contribution in [3.63, 3.8) is 0 Å². The quantitative estimate of drug-likeness (QED) is 0.712. The predicted octanol–water partition coefficient (Wildman–Crippen LogP) is 3.29. The molecule has 9 nitrogen and oxygen atoms in total. The zero-order chi connectivity index (χ0) is 20.7. The molecule has 4 heterocycles. The van der Waals surface area contributed by atoms with Gasteiger partial charge in [0, 0.05) is 24.7 Å². The highest BCUT2D eigenvalue weighted by molar-refractivity contribution is 5.93. The van der Waals surface area contributed by atoms with Crippen molar-refractivity contribution in [2.24, 2.45) is 0 Å². The first kappa shape index (κ1) is 18.7. The molecule has 1 aliphatic carbocycles. The van der Waals surface area contributed by atoms with E-state index in [1.807, 2.05) is 16.8 Å². The lowest BCUT2D eigenvalue weighted by Crippen LogP contribution is -2.42. The van der Waals surface area contributed by atoms with Gasteiger partial charge < -0.3 is 10.2 Å². The Morgan fingerprint density at radius 1 is 1.27 bits per heavy atom. The molecular formula is C21H24N8O. The number of anilines is 2. The number of amides is 1. The molecule has 0 aromatic carbocycles. The number of nitrogens with one attached hydrogen (secondary N) is 1. The number of fused-ring (bicyclic) bond motifs is 3. The Hall–Kier alpha value is -3.36. The predicted molar refractivity (Wildman–Crippen MR) is 112 cm³/mol. The van der Waals surface area contributed by atoms with Gasteiger partial charge in [-0.05, 0) is 25.3 Å². The van der Waals surface area contributed by atoms with Crippen LogP contribution in [0.25, 0.3) is 17.1 Å². The molecule has 0 saturated heterocycles. The minimum atomic E-state index is -0.157. The van der Waals surface area contributed by atoms with Crippen molar-refractivity contribution in [3.05, 3.63) is 36.8 Å². The summed E-state index contributed by atoms with van der Waals surface area (Å²) in [5.41, 5.74) is 2.24. The van der Waals surface area contributed by atoms with E-state index < -0.39 is 0 Å². The lowest BCUT2D eigenvalue weighted by Gasteiger charge is -2.40. The van der Waals surface area contributed by atoms with Crippen molar-refractivity contribution < 1.29 is 4.79 Å². The first-order valence-corrected chi connectivity index (χ1v) is 10.4. The van der Waals surface area contributed by atoms with Crippen molar-refractivity contribution >= 4 is 17.4 Å². The number of carbonyl (C=O) groups excluding carboxylic acids is 1. The molecule has 1 atom stereocenters. The zero-order valence-corrected chi connectivity index (χ0v) is 17.1. The molecule has 5 rings (SSSR count). The van der Waals surface area contributed by atoms with E-state index in [1.54, 1.807) is 18.7 Å². The number of hydrogen-bond acceptors (Lipinski definition) is 7. The molecule has 1 saturated carbocycles. The molecule has 1 N–H and O–H groups in total. The van der Waals surface area contributed by atoms with Crippen molar-refractivity contribution in [3.8, 4) is 17.1 Å². The summed E-state index contributed by atoms with van der Waals surface area (Å²) in [7, 11) is 0. The number of rotatable bonds is 4. The molecular weight excluding hydrogens is 380 g/mol. The smallest absolute Gasteiger partial charge is 0.221 e. The van der Waals surface area contributed by atoms with Gasteiger partial charge in [-0.2, -0.15) is 0 Å². The maximum Gasteiger partial charge on any atom is 0.221 e. The molecule has 154 valence electrons. The van der Waals surface area contributed by atoms with Crippen LogP contribution in [0, 0.1) is 0 Å². The van der Waals surface area contributed by atoms with Crippen LogP contribution in [0.3, 0.4) is 0 Å². The summed E-state index contributed by atoms with van der Waals surface area (Å²) >= 11 is 0. The van der Waals surface area contributed by atoms with Gasteiger partial charge in [-0.1, -0.05) is 19.8 Å². The summed E-state index contributed by atoms with van der Waals surface area (Å²) < 4.78 is 2.00. The van der Waals surface area contributed by atoms with Crippen LogP contribution in [-0.4, -0.2) is 41.7 Å². The van der Waals surface area contributed by atoms with Gasteiger partial charge in [-0.15, -0.1) is 10.2 Å². The average molecular weight is 404 g/mol. The number of hydrogen-bond donors (Lipinski definition) is 1. The van der Waals surface area contributed by atoms with Crippen LogP contribution >= 0.6 is 0 Å². The van der Waals surface area contributed by atoms with Crippen molar-refractivity contribution in [2.75, 3.05) is 10.2 Å². The van der Waals surface area contributed by atoms with Gasteiger partial charge in [0.25, 0.3) is 0 Å². The van der Waals surface area contributed by atoms with Crippen LogP contribution in [0.2, 0.25) is 0 Å². The Morgan fingerprint density at radius 2 is 2.10 bits per heavy atom. The lowest BCUT2D eigenvalue weighted by atomic mass is 10.0. The summed E-state index contributed by atoms with van der Waals surface area (Å²) in [5, 5.41) is 11.4. The van der Waals surface area contributed by atoms with E-state index in [9.17, 15) is 4.79 Å². The van der Waals surface area contributed by atoms with E-state index in [4.69, 9.17) is 4.98 Å². The molecule has 2 aliphatic rings. The van der Waals surface area contributed by atoms with Gasteiger partial charge in [0.05, 0.1) is 24.1 Å². The summed E-state index contributed by atoms with van der Waals surface area (Å²) in [6.45, 7) is 3.65. The van der Waals surface area contributed by atoms with E-state index in [0.717, 1.165) is 42.2 Å². The molecule has 3 aromatic heterocycles. The van der Waals surface area contributed by atoms with Crippen molar-refractivity contribution in [1.82, 2.24) is 29.7 Å². The van der Waals surface area contributed by atoms with Crippen LogP contribution in [0.1, 0.15) is 57.8 Å². The number of carbonyl (C=O) groups is 1. The highest BCUT2D eigenvalue weighted by Crippen LogP contribution is 2.43. The highest BCUT2D eigenvalue weighted by Gasteiger charge is 2.38. The third-order valence-electron chi connectivity index (χ3n) is 5.94. The summed E-state index contributed by atoms with van der Waals surface area (Å²) in [5.74, 6) is 2.25.